The number of urea groups is 1. The first-order valence-electron chi connectivity index (χ1n) is 9.17. The van der Waals surface area contributed by atoms with Crippen LogP contribution in [0.25, 0.3) is 0 Å². The van der Waals surface area contributed by atoms with Crippen LogP contribution >= 0.6 is 0 Å². The van der Waals surface area contributed by atoms with Gasteiger partial charge in [-0.05, 0) is 26.3 Å². The Labute approximate surface area is 165 Å². The van der Waals surface area contributed by atoms with E-state index in [9.17, 15) is 9.59 Å². The quantitative estimate of drug-likeness (QED) is 0.660. The highest BCUT2D eigenvalue weighted by Gasteiger charge is 2.36. The van der Waals surface area contributed by atoms with Crippen LogP contribution < -0.4 is 24.8 Å². The molecule has 1 aromatic carbocycles. The molecule has 1 atom stereocenters. The number of carbonyl (C=O) groups excluding carboxylic acids is 2. The van der Waals surface area contributed by atoms with Crippen molar-refractivity contribution in [3.05, 3.63) is 29.0 Å². The van der Waals surface area contributed by atoms with Crippen molar-refractivity contribution < 1.29 is 28.5 Å². The van der Waals surface area contributed by atoms with E-state index >= 15 is 0 Å². The summed E-state index contributed by atoms with van der Waals surface area (Å²) in [6, 6.07) is 2.20. The van der Waals surface area contributed by atoms with Gasteiger partial charge in [-0.2, -0.15) is 0 Å². The summed E-state index contributed by atoms with van der Waals surface area (Å²) in [7, 11) is 4.55. The van der Waals surface area contributed by atoms with Crippen LogP contribution in [0.2, 0.25) is 0 Å². The fraction of sp³-hybridized carbons (Fsp3) is 0.500. The maximum Gasteiger partial charge on any atom is 0.338 e. The number of nitrogens with one attached hydrogen (secondary N) is 2. The van der Waals surface area contributed by atoms with E-state index < -0.39 is 18.0 Å². The Morgan fingerprint density at radius 3 is 2.21 bits per heavy atom. The Kier molecular flexibility index (Phi) is 7.14. The lowest BCUT2D eigenvalue weighted by atomic mass is 9.92. The van der Waals surface area contributed by atoms with Gasteiger partial charge in [0.1, 0.15) is 5.75 Å². The molecule has 1 aliphatic rings. The van der Waals surface area contributed by atoms with E-state index in [0.717, 1.165) is 6.42 Å². The summed E-state index contributed by atoms with van der Waals surface area (Å²) in [6.45, 7) is 5.52. The monoisotopic (exact) mass is 392 g/mol. The van der Waals surface area contributed by atoms with E-state index in [0.29, 0.717) is 40.5 Å². The van der Waals surface area contributed by atoms with Crippen molar-refractivity contribution in [1.82, 2.24) is 10.6 Å². The van der Waals surface area contributed by atoms with Crippen LogP contribution in [0.1, 0.15) is 45.2 Å². The second kappa shape index (κ2) is 9.34. The zero-order valence-corrected chi connectivity index (χ0v) is 17.2. The highest BCUT2D eigenvalue weighted by molar-refractivity contribution is 5.95. The fourth-order valence-electron chi connectivity index (χ4n) is 3.10. The molecule has 0 bridgehead atoms. The zero-order chi connectivity index (χ0) is 20.8. The van der Waals surface area contributed by atoms with E-state index in [2.05, 4.69) is 10.6 Å². The van der Waals surface area contributed by atoms with Gasteiger partial charge in [-0.1, -0.05) is 13.3 Å². The average Bonchev–Trinajstić information content (AvgIpc) is 2.65. The van der Waals surface area contributed by atoms with Crippen molar-refractivity contribution in [2.75, 3.05) is 21.3 Å². The number of amides is 2. The smallest absolute Gasteiger partial charge is 0.338 e. The molecule has 2 amide bonds. The first-order chi connectivity index (χ1) is 13.4. The van der Waals surface area contributed by atoms with Crippen molar-refractivity contribution in [2.24, 2.45) is 0 Å². The number of methoxy groups -OCH3 is 3. The van der Waals surface area contributed by atoms with Crippen molar-refractivity contribution in [3.8, 4) is 17.2 Å². The van der Waals surface area contributed by atoms with Gasteiger partial charge in [0.2, 0.25) is 0 Å². The van der Waals surface area contributed by atoms with Crippen molar-refractivity contribution >= 4 is 12.0 Å². The second-order valence-corrected chi connectivity index (χ2v) is 6.58. The zero-order valence-electron chi connectivity index (χ0n) is 17.2. The summed E-state index contributed by atoms with van der Waals surface area (Å²) in [5.74, 6) is 0.899. The number of hydrogen-bond acceptors (Lipinski definition) is 6. The Morgan fingerprint density at radius 1 is 1.07 bits per heavy atom. The SMILES string of the molecule is CCCC1=C(C(=O)OC(C)C)C(c2cc(OC)c(OC)cc2OC)NC(=O)N1. The number of ether oxygens (including phenoxy) is 4. The van der Waals surface area contributed by atoms with Crippen LogP contribution in [-0.4, -0.2) is 39.4 Å². The highest BCUT2D eigenvalue weighted by atomic mass is 16.5. The molecule has 28 heavy (non-hydrogen) atoms. The summed E-state index contributed by atoms with van der Waals surface area (Å²) in [5, 5.41) is 5.55. The minimum Gasteiger partial charge on any atom is -0.496 e. The van der Waals surface area contributed by atoms with E-state index in [1.807, 2.05) is 6.92 Å². The van der Waals surface area contributed by atoms with Crippen molar-refractivity contribution in [3.63, 3.8) is 0 Å². The number of hydrogen-bond donors (Lipinski definition) is 2. The minimum absolute atomic E-state index is 0.298. The van der Waals surface area contributed by atoms with Gasteiger partial charge < -0.3 is 29.6 Å². The number of benzene rings is 1. The maximum absolute atomic E-state index is 12.9. The standard InChI is InChI=1S/C20H28N2O6/c1-7-8-13-17(19(23)28-11(2)3)18(22-20(24)21-13)12-9-15(26-5)16(27-6)10-14(12)25-4/h9-11,18H,7-8H2,1-6H3,(H2,21,22,24). The molecule has 0 aliphatic carbocycles. The van der Waals surface area contributed by atoms with Gasteiger partial charge in [0.15, 0.2) is 11.5 Å². The van der Waals surface area contributed by atoms with E-state index in [1.54, 1.807) is 26.0 Å². The molecule has 1 unspecified atom stereocenters. The molecule has 8 heteroatoms. The third-order valence-corrected chi connectivity index (χ3v) is 4.26. The molecule has 0 saturated carbocycles. The Bertz CT molecular complexity index is 772. The minimum atomic E-state index is -0.753. The van der Waals surface area contributed by atoms with Crippen LogP contribution in [0.5, 0.6) is 17.2 Å². The Balaban J connectivity index is 2.66. The molecule has 0 spiro atoms. The number of rotatable bonds is 8. The Morgan fingerprint density at radius 2 is 1.68 bits per heavy atom. The molecule has 1 aliphatic heterocycles. The molecule has 0 fully saturated rings. The third kappa shape index (κ3) is 4.49. The molecule has 1 heterocycles. The van der Waals surface area contributed by atoms with Crippen molar-refractivity contribution in [2.45, 2.75) is 45.8 Å². The van der Waals surface area contributed by atoms with Gasteiger partial charge in [-0.25, -0.2) is 9.59 Å². The lowest BCUT2D eigenvalue weighted by Crippen LogP contribution is -2.46. The number of allylic oxidation sites excluding steroid dienone is 1. The highest BCUT2D eigenvalue weighted by Crippen LogP contribution is 2.41. The van der Waals surface area contributed by atoms with Crippen LogP contribution in [-0.2, 0) is 9.53 Å². The van der Waals surface area contributed by atoms with Gasteiger partial charge in [0, 0.05) is 17.3 Å². The summed E-state index contributed by atoms with van der Waals surface area (Å²) in [6.07, 6.45) is 0.986. The first kappa shape index (κ1) is 21.4. The molecule has 154 valence electrons. The van der Waals surface area contributed by atoms with Crippen LogP contribution in [0.3, 0.4) is 0 Å². The molecule has 2 N–H and O–H groups in total. The lowest BCUT2D eigenvalue weighted by Gasteiger charge is -2.31. The van der Waals surface area contributed by atoms with Gasteiger partial charge in [0.25, 0.3) is 0 Å². The predicted octanol–water partition coefficient (Wildman–Crippen LogP) is 3.07. The van der Waals surface area contributed by atoms with Gasteiger partial charge in [0.05, 0.1) is 39.0 Å². The summed E-state index contributed by atoms with van der Waals surface area (Å²) in [4.78, 5) is 25.2. The molecule has 0 radical (unpaired) electrons. The van der Waals surface area contributed by atoms with Gasteiger partial charge in [-0.15, -0.1) is 0 Å². The largest absolute Gasteiger partial charge is 0.496 e. The van der Waals surface area contributed by atoms with Crippen LogP contribution in [0.15, 0.2) is 23.4 Å². The van der Waals surface area contributed by atoms with E-state index in [4.69, 9.17) is 18.9 Å². The fourth-order valence-corrected chi connectivity index (χ4v) is 3.10. The number of esters is 1. The summed E-state index contributed by atoms with van der Waals surface area (Å²) in [5.41, 5.74) is 1.46. The Hall–Kier alpha value is -2.90. The van der Waals surface area contributed by atoms with Crippen LogP contribution in [0, 0.1) is 0 Å². The summed E-state index contributed by atoms with van der Waals surface area (Å²) >= 11 is 0. The molecule has 2 rings (SSSR count). The average molecular weight is 392 g/mol. The second-order valence-electron chi connectivity index (χ2n) is 6.58. The normalized spacial score (nSPS) is 16.4. The predicted molar refractivity (Wildman–Crippen MR) is 104 cm³/mol. The van der Waals surface area contributed by atoms with E-state index in [-0.39, 0.29) is 6.10 Å². The molecular weight excluding hydrogens is 364 g/mol. The molecular formula is C20H28N2O6. The third-order valence-electron chi connectivity index (χ3n) is 4.26. The topological polar surface area (TPSA) is 95.1 Å². The van der Waals surface area contributed by atoms with Gasteiger partial charge in [-0.3, -0.25) is 0 Å². The van der Waals surface area contributed by atoms with Crippen LogP contribution in [0.4, 0.5) is 4.79 Å². The van der Waals surface area contributed by atoms with Gasteiger partial charge >= 0.3 is 12.0 Å². The van der Waals surface area contributed by atoms with Crippen molar-refractivity contribution in [1.29, 1.82) is 0 Å². The lowest BCUT2D eigenvalue weighted by molar-refractivity contribution is -0.143. The molecule has 0 aromatic heterocycles. The molecule has 8 nitrogen and oxygen atoms in total. The van der Waals surface area contributed by atoms with E-state index in [1.165, 1.54) is 21.3 Å². The molecule has 0 saturated heterocycles. The summed E-state index contributed by atoms with van der Waals surface area (Å²) < 4.78 is 21.6. The molecule has 1 aromatic rings. The number of carbonyl (C=O) groups is 2. The maximum atomic E-state index is 12.9. The first-order valence-corrected chi connectivity index (χ1v) is 9.17.